The summed E-state index contributed by atoms with van der Waals surface area (Å²) in [6.07, 6.45) is 0.742. The Kier molecular flexibility index (Phi) is 3.48. The van der Waals surface area contributed by atoms with E-state index in [1.807, 2.05) is 20.9 Å². The van der Waals surface area contributed by atoms with Gasteiger partial charge in [-0.1, -0.05) is 13.8 Å². The smallest absolute Gasteiger partial charge is 0.226 e. The molecule has 4 nitrogen and oxygen atoms in total. The molecular weight excluding hydrogens is 178 g/mol. The van der Waals surface area contributed by atoms with Crippen LogP contribution in [0.15, 0.2) is 0 Å². The zero-order valence-corrected chi connectivity index (χ0v) is 8.95. The molecule has 1 rings (SSSR count). The summed E-state index contributed by atoms with van der Waals surface area (Å²) in [4.78, 5) is 13.4. The third kappa shape index (κ3) is 2.05. The number of likely N-dealkylation sites (N-methyl/N-ethyl adjacent to an activating group) is 1. The van der Waals surface area contributed by atoms with Gasteiger partial charge in [-0.2, -0.15) is 5.26 Å². The summed E-state index contributed by atoms with van der Waals surface area (Å²) in [6.45, 7) is 4.39. The van der Waals surface area contributed by atoms with Crippen molar-refractivity contribution in [3.63, 3.8) is 0 Å². The standard InChI is InChI=1S/C10H17N3O/c1-7(2)10(14)13-6-8(12-3)4-9(13)5-11/h7-9,12H,4,6H2,1-3H3/t8-,9+/m0/s1. The van der Waals surface area contributed by atoms with E-state index in [0.29, 0.717) is 6.54 Å². The summed E-state index contributed by atoms with van der Waals surface area (Å²) in [5.74, 6) is 0.0516. The van der Waals surface area contributed by atoms with E-state index in [-0.39, 0.29) is 23.9 Å². The van der Waals surface area contributed by atoms with Crippen LogP contribution in [0.2, 0.25) is 0 Å². The molecule has 0 bridgehead atoms. The summed E-state index contributed by atoms with van der Waals surface area (Å²) < 4.78 is 0. The lowest BCUT2D eigenvalue weighted by Crippen LogP contribution is -2.38. The highest BCUT2D eigenvalue weighted by molar-refractivity contribution is 5.79. The van der Waals surface area contributed by atoms with Crippen LogP contribution in [0, 0.1) is 17.2 Å². The Morgan fingerprint density at radius 2 is 2.29 bits per heavy atom. The second kappa shape index (κ2) is 4.43. The zero-order valence-electron chi connectivity index (χ0n) is 8.95. The van der Waals surface area contributed by atoms with E-state index in [1.165, 1.54) is 0 Å². The van der Waals surface area contributed by atoms with Crippen LogP contribution in [0.25, 0.3) is 0 Å². The van der Waals surface area contributed by atoms with Gasteiger partial charge in [0.25, 0.3) is 0 Å². The second-order valence-corrected chi connectivity index (χ2v) is 4.01. The molecule has 0 aromatic rings. The predicted molar refractivity (Wildman–Crippen MR) is 53.4 cm³/mol. The van der Waals surface area contributed by atoms with Crippen molar-refractivity contribution in [2.75, 3.05) is 13.6 Å². The topological polar surface area (TPSA) is 56.1 Å². The lowest BCUT2D eigenvalue weighted by molar-refractivity contribution is -0.134. The lowest BCUT2D eigenvalue weighted by atomic mass is 10.1. The van der Waals surface area contributed by atoms with Crippen LogP contribution in [0.1, 0.15) is 20.3 Å². The van der Waals surface area contributed by atoms with Gasteiger partial charge in [0.1, 0.15) is 6.04 Å². The van der Waals surface area contributed by atoms with Gasteiger partial charge >= 0.3 is 0 Å². The molecular formula is C10H17N3O. The highest BCUT2D eigenvalue weighted by Crippen LogP contribution is 2.19. The molecule has 0 unspecified atom stereocenters. The molecule has 0 aromatic carbocycles. The minimum absolute atomic E-state index is 0.0264. The first-order valence-corrected chi connectivity index (χ1v) is 4.97. The first kappa shape index (κ1) is 11.0. The number of likely N-dealkylation sites (tertiary alicyclic amines) is 1. The van der Waals surface area contributed by atoms with Gasteiger partial charge in [0.05, 0.1) is 6.07 Å². The molecule has 4 heteroatoms. The Labute approximate surface area is 84.9 Å². The van der Waals surface area contributed by atoms with Crippen LogP contribution >= 0.6 is 0 Å². The lowest BCUT2D eigenvalue weighted by Gasteiger charge is -2.21. The monoisotopic (exact) mass is 195 g/mol. The molecule has 0 saturated carbocycles. The molecule has 1 aliphatic heterocycles. The van der Waals surface area contributed by atoms with Crippen LogP contribution in [-0.2, 0) is 4.79 Å². The van der Waals surface area contributed by atoms with E-state index < -0.39 is 0 Å². The minimum atomic E-state index is -0.248. The van der Waals surface area contributed by atoms with E-state index in [9.17, 15) is 4.79 Å². The van der Waals surface area contributed by atoms with E-state index in [0.717, 1.165) is 6.42 Å². The van der Waals surface area contributed by atoms with Gasteiger partial charge in [0, 0.05) is 18.5 Å². The van der Waals surface area contributed by atoms with Crippen molar-refractivity contribution in [3.8, 4) is 6.07 Å². The van der Waals surface area contributed by atoms with Gasteiger partial charge in [0.15, 0.2) is 0 Å². The molecule has 2 atom stereocenters. The molecule has 1 fully saturated rings. The maximum Gasteiger partial charge on any atom is 0.226 e. The third-order valence-corrected chi connectivity index (χ3v) is 2.64. The predicted octanol–water partition coefficient (Wildman–Crippen LogP) is 0.355. The van der Waals surface area contributed by atoms with Crippen LogP contribution in [0.5, 0.6) is 0 Å². The maximum absolute atomic E-state index is 11.7. The van der Waals surface area contributed by atoms with Crippen LogP contribution < -0.4 is 5.32 Å². The van der Waals surface area contributed by atoms with E-state index in [2.05, 4.69) is 11.4 Å². The van der Waals surface area contributed by atoms with Gasteiger partial charge in [-0.15, -0.1) is 0 Å². The van der Waals surface area contributed by atoms with Crippen LogP contribution in [0.4, 0.5) is 0 Å². The van der Waals surface area contributed by atoms with Gasteiger partial charge in [-0.05, 0) is 13.5 Å². The molecule has 1 heterocycles. The number of rotatable bonds is 2. The number of nitriles is 1. The molecule has 78 valence electrons. The van der Waals surface area contributed by atoms with E-state index >= 15 is 0 Å². The number of amides is 1. The van der Waals surface area contributed by atoms with Crippen molar-refractivity contribution in [1.29, 1.82) is 5.26 Å². The molecule has 1 saturated heterocycles. The highest BCUT2D eigenvalue weighted by Gasteiger charge is 2.35. The third-order valence-electron chi connectivity index (χ3n) is 2.64. The Hall–Kier alpha value is -1.08. The van der Waals surface area contributed by atoms with Gasteiger partial charge in [-0.25, -0.2) is 0 Å². The first-order chi connectivity index (χ1) is 6.60. The largest absolute Gasteiger partial charge is 0.325 e. The van der Waals surface area contributed by atoms with Gasteiger partial charge < -0.3 is 10.2 Å². The van der Waals surface area contributed by atoms with Crippen LogP contribution in [-0.4, -0.2) is 36.5 Å². The van der Waals surface area contributed by atoms with Crippen molar-refractivity contribution in [2.24, 2.45) is 5.92 Å². The summed E-state index contributed by atoms with van der Waals surface area (Å²) in [5.41, 5.74) is 0. The van der Waals surface area contributed by atoms with Crippen molar-refractivity contribution in [2.45, 2.75) is 32.4 Å². The SMILES string of the molecule is CN[C@H]1C[C@H](C#N)N(C(=O)C(C)C)C1. The fourth-order valence-electron chi connectivity index (χ4n) is 1.74. The van der Waals surface area contributed by atoms with Crippen LogP contribution in [0.3, 0.4) is 0 Å². The van der Waals surface area contributed by atoms with E-state index in [4.69, 9.17) is 5.26 Å². The number of nitrogens with one attached hydrogen (secondary N) is 1. The summed E-state index contributed by atoms with van der Waals surface area (Å²) in [7, 11) is 1.86. The Balaban J connectivity index is 2.69. The van der Waals surface area contributed by atoms with Crippen molar-refractivity contribution in [1.82, 2.24) is 10.2 Å². The number of hydrogen-bond acceptors (Lipinski definition) is 3. The number of carbonyl (C=O) groups is 1. The van der Waals surface area contributed by atoms with Gasteiger partial charge in [-0.3, -0.25) is 4.79 Å². The first-order valence-electron chi connectivity index (χ1n) is 4.97. The molecule has 14 heavy (non-hydrogen) atoms. The molecule has 0 aliphatic carbocycles. The van der Waals surface area contributed by atoms with Crippen molar-refractivity contribution in [3.05, 3.63) is 0 Å². The Morgan fingerprint density at radius 3 is 2.71 bits per heavy atom. The average Bonchev–Trinajstić information content (AvgIpc) is 2.59. The minimum Gasteiger partial charge on any atom is -0.325 e. The normalized spacial score (nSPS) is 26.6. The molecule has 1 N–H and O–H groups in total. The Bertz CT molecular complexity index is 257. The van der Waals surface area contributed by atoms with Gasteiger partial charge in [0.2, 0.25) is 5.91 Å². The van der Waals surface area contributed by atoms with Crippen molar-refractivity contribution >= 4 is 5.91 Å². The summed E-state index contributed by atoms with van der Waals surface area (Å²) in [6, 6.07) is 2.20. The quantitative estimate of drug-likeness (QED) is 0.692. The summed E-state index contributed by atoms with van der Waals surface area (Å²) >= 11 is 0. The fourth-order valence-corrected chi connectivity index (χ4v) is 1.74. The summed E-state index contributed by atoms with van der Waals surface area (Å²) in [5, 5.41) is 12.0. The maximum atomic E-state index is 11.7. The van der Waals surface area contributed by atoms with E-state index in [1.54, 1.807) is 4.90 Å². The Morgan fingerprint density at radius 1 is 1.64 bits per heavy atom. The molecule has 0 spiro atoms. The number of nitrogens with zero attached hydrogens (tertiary/aromatic N) is 2. The zero-order chi connectivity index (χ0) is 10.7. The molecule has 1 aliphatic rings. The van der Waals surface area contributed by atoms with Crippen molar-refractivity contribution < 1.29 is 4.79 Å². The fraction of sp³-hybridized carbons (Fsp3) is 0.800. The highest BCUT2D eigenvalue weighted by atomic mass is 16.2. The molecule has 0 radical (unpaired) electrons. The number of hydrogen-bond donors (Lipinski definition) is 1. The number of carbonyl (C=O) groups excluding carboxylic acids is 1. The molecule has 1 amide bonds. The molecule has 0 aromatic heterocycles. The average molecular weight is 195 g/mol. The second-order valence-electron chi connectivity index (χ2n) is 4.01.